The van der Waals surface area contributed by atoms with E-state index in [2.05, 4.69) is 15.5 Å². The van der Waals surface area contributed by atoms with Gasteiger partial charge in [-0.1, -0.05) is 18.2 Å². The van der Waals surface area contributed by atoms with E-state index in [1.165, 1.54) is 23.5 Å². The topological polar surface area (TPSA) is 91.1 Å². The van der Waals surface area contributed by atoms with Crippen molar-refractivity contribution in [1.82, 2.24) is 0 Å². The number of amides is 2. The molecule has 0 aliphatic heterocycles. The highest BCUT2D eigenvalue weighted by molar-refractivity contribution is 7.16. The Labute approximate surface area is 160 Å². The Morgan fingerprint density at radius 3 is 2.33 bits per heavy atom. The molecule has 0 fully saturated rings. The fourth-order valence-electron chi connectivity index (χ4n) is 2.41. The molecule has 0 saturated heterocycles. The lowest BCUT2D eigenvalue weighted by molar-refractivity contribution is 0.0995. The summed E-state index contributed by atoms with van der Waals surface area (Å²) in [7, 11) is 0. The van der Waals surface area contributed by atoms with Gasteiger partial charge in [0, 0.05) is 10.4 Å². The normalized spacial score (nSPS) is 10.9. The third-order valence-electron chi connectivity index (χ3n) is 3.97. The van der Waals surface area contributed by atoms with Gasteiger partial charge in [-0.05, 0) is 55.8 Å². The fourth-order valence-corrected chi connectivity index (χ4v) is 3.46. The highest BCUT2D eigenvalue weighted by atomic mass is 32.1. The molecule has 0 saturated carbocycles. The molecule has 3 aromatic rings. The Kier molecular flexibility index (Phi) is 5.42. The van der Waals surface area contributed by atoms with Crippen LogP contribution in [0.5, 0.6) is 5.75 Å². The first-order valence-corrected chi connectivity index (χ1v) is 8.99. The van der Waals surface area contributed by atoms with Crippen LogP contribution in [-0.4, -0.2) is 16.9 Å². The predicted molar refractivity (Wildman–Crippen MR) is 105 cm³/mol. The van der Waals surface area contributed by atoms with Gasteiger partial charge in [0.05, 0.1) is 11.3 Å². The first kappa shape index (κ1) is 18.5. The van der Waals surface area contributed by atoms with Gasteiger partial charge >= 0.3 is 0 Å². The lowest BCUT2D eigenvalue weighted by Gasteiger charge is -2.05. The van der Waals surface area contributed by atoms with E-state index >= 15 is 0 Å². The van der Waals surface area contributed by atoms with Crippen molar-refractivity contribution in [3.05, 3.63) is 76.2 Å². The Morgan fingerprint density at radius 1 is 1.00 bits per heavy atom. The Bertz CT molecular complexity index is 1010. The Hall–Kier alpha value is -3.32. The van der Waals surface area contributed by atoms with Crippen molar-refractivity contribution in [3.8, 4) is 5.75 Å². The van der Waals surface area contributed by atoms with E-state index in [0.717, 1.165) is 10.4 Å². The average molecular weight is 379 g/mol. The molecule has 3 rings (SSSR count). The third-order valence-corrected chi connectivity index (χ3v) is 5.09. The van der Waals surface area contributed by atoms with Crippen LogP contribution >= 0.6 is 11.3 Å². The first-order valence-electron chi connectivity index (χ1n) is 8.17. The zero-order valence-electron chi connectivity index (χ0n) is 14.8. The van der Waals surface area contributed by atoms with Crippen molar-refractivity contribution < 1.29 is 14.7 Å². The molecular weight excluding hydrogens is 362 g/mol. The van der Waals surface area contributed by atoms with Crippen LogP contribution in [-0.2, 0) is 0 Å². The largest absolute Gasteiger partial charge is 0.508 e. The second-order valence-corrected chi connectivity index (χ2v) is 7.05. The number of azo groups is 1. The predicted octanol–water partition coefficient (Wildman–Crippen LogP) is 5.25. The number of aromatic hydroxyl groups is 1. The summed E-state index contributed by atoms with van der Waals surface area (Å²) in [4.78, 5) is 25.9. The molecule has 0 bridgehead atoms. The maximum Gasteiger partial charge on any atom is 0.298 e. The van der Waals surface area contributed by atoms with E-state index < -0.39 is 5.91 Å². The molecule has 0 spiro atoms. The van der Waals surface area contributed by atoms with Gasteiger partial charge in [0.1, 0.15) is 10.8 Å². The Balaban J connectivity index is 1.85. The number of carbonyl (C=O) groups excluding carboxylic acids is 2. The minimum Gasteiger partial charge on any atom is -0.508 e. The third kappa shape index (κ3) is 4.27. The summed E-state index contributed by atoms with van der Waals surface area (Å²) < 4.78 is 0. The van der Waals surface area contributed by atoms with Gasteiger partial charge in [-0.25, -0.2) is 0 Å². The molecule has 0 aliphatic carbocycles. The number of phenols is 1. The number of rotatable bonds is 4. The minimum atomic E-state index is -0.534. The van der Waals surface area contributed by atoms with Gasteiger partial charge in [-0.2, -0.15) is 0 Å². The van der Waals surface area contributed by atoms with Crippen molar-refractivity contribution in [1.29, 1.82) is 0 Å². The second-order valence-electron chi connectivity index (χ2n) is 5.83. The molecule has 1 aromatic heterocycles. The van der Waals surface area contributed by atoms with Crippen molar-refractivity contribution in [2.45, 2.75) is 13.8 Å². The lowest BCUT2D eigenvalue weighted by atomic mass is 10.1. The van der Waals surface area contributed by atoms with Gasteiger partial charge in [-0.3, -0.25) is 9.59 Å². The first-order chi connectivity index (χ1) is 13.0. The standard InChI is InChI=1S/C20H17N3O3S/c1-12-13(2)27-20(21-18(25)14-6-4-3-5-7-14)17(12)19(26)23-22-15-8-10-16(24)11-9-15/h3-11,24H,1-2H3,(H,21,25). The fraction of sp³-hybridized carbons (Fsp3) is 0.100. The monoisotopic (exact) mass is 379 g/mol. The van der Waals surface area contributed by atoms with Crippen LogP contribution in [0, 0.1) is 13.8 Å². The van der Waals surface area contributed by atoms with Gasteiger partial charge in [-0.15, -0.1) is 21.6 Å². The summed E-state index contributed by atoms with van der Waals surface area (Å²) in [6, 6.07) is 14.8. The molecule has 2 amide bonds. The van der Waals surface area contributed by atoms with Gasteiger partial charge in [0.2, 0.25) is 0 Å². The lowest BCUT2D eigenvalue weighted by Crippen LogP contribution is -2.13. The van der Waals surface area contributed by atoms with Crippen LogP contribution in [0.3, 0.4) is 0 Å². The number of thiophene rings is 1. The van der Waals surface area contributed by atoms with Gasteiger partial charge in [0.15, 0.2) is 0 Å². The molecule has 2 N–H and O–H groups in total. The zero-order chi connectivity index (χ0) is 19.4. The van der Waals surface area contributed by atoms with Crippen LogP contribution in [0.2, 0.25) is 0 Å². The summed E-state index contributed by atoms with van der Waals surface area (Å²) in [6.07, 6.45) is 0. The number of nitrogens with one attached hydrogen (secondary N) is 1. The van der Waals surface area contributed by atoms with Crippen molar-refractivity contribution >= 4 is 33.8 Å². The molecular formula is C20H17N3O3S. The number of benzene rings is 2. The number of hydrogen-bond donors (Lipinski definition) is 2. The van der Waals surface area contributed by atoms with Crippen LogP contribution in [0.1, 0.15) is 31.2 Å². The molecule has 0 unspecified atom stereocenters. The summed E-state index contributed by atoms with van der Waals surface area (Å²) in [5, 5.41) is 20.2. The molecule has 0 atom stereocenters. The minimum absolute atomic E-state index is 0.107. The molecule has 7 heteroatoms. The van der Waals surface area contributed by atoms with Crippen LogP contribution < -0.4 is 5.32 Å². The van der Waals surface area contributed by atoms with Crippen molar-refractivity contribution in [2.75, 3.05) is 5.32 Å². The molecule has 0 aliphatic rings. The zero-order valence-corrected chi connectivity index (χ0v) is 15.6. The highest BCUT2D eigenvalue weighted by Gasteiger charge is 2.21. The summed E-state index contributed by atoms with van der Waals surface area (Å²) in [5.41, 5.74) is 2.05. The maximum atomic E-state index is 12.6. The van der Waals surface area contributed by atoms with E-state index in [9.17, 15) is 14.7 Å². The number of carbonyl (C=O) groups is 2. The second kappa shape index (κ2) is 7.92. The van der Waals surface area contributed by atoms with Crippen LogP contribution in [0.4, 0.5) is 10.7 Å². The highest BCUT2D eigenvalue weighted by Crippen LogP contribution is 2.33. The van der Waals surface area contributed by atoms with Crippen LogP contribution in [0.15, 0.2) is 64.8 Å². The van der Waals surface area contributed by atoms with E-state index in [0.29, 0.717) is 21.8 Å². The summed E-state index contributed by atoms with van der Waals surface area (Å²) in [6.45, 7) is 3.69. The number of nitrogens with zero attached hydrogens (tertiary/aromatic N) is 2. The van der Waals surface area contributed by atoms with E-state index in [4.69, 9.17) is 0 Å². The number of phenolic OH excluding ortho intramolecular Hbond substituents is 1. The molecule has 136 valence electrons. The molecule has 27 heavy (non-hydrogen) atoms. The molecule has 2 aromatic carbocycles. The van der Waals surface area contributed by atoms with E-state index in [1.54, 1.807) is 36.4 Å². The van der Waals surface area contributed by atoms with E-state index in [1.807, 2.05) is 19.9 Å². The van der Waals surface area contributed by atoms with Gasteiger partial charge in [0.25, 0.3) is 11.8 Å². The number of aryl methyl sites for hydroxylation is 1. The smallest absolute Gasteiger partial charge is 0.298 e. The Morgan fingerprint density at radius 2 is 1.67 bits per heavy atom. The van der Waals surface area contributed by atoms with Crippen LogP contribution in [0.25, 0.3) is 0 Å². The number of anilines is 1. The maximum absolute atomic E-state index is 12.6. The molecule has 1 heterocycles. The molecule has 0 radical (unpaired) electrons. The van der Waals surface area contributed by atoms with Crippen molar-refractivity contribution in [3.63, 3.8) is 0 Å². The molecule has 6 nitrogen and oxygen atoms in total. The summed E-state index contributed by atoms with van der Waals surface area (Å²) in [5.74, 6) is -0.717. The number of hydrogen-bond acceptors (Lipinski definition) is 5. The quantitative estimate of drug-likeness (QED) is 0.607. The van der Waals surface area contributed by atoms with E-state index in [-0.39, 0.29) is 11.7 Å². The average Bonchev–Trinajstić information content (AvgIpc) is 2.95. The van der Waals surface area contributed by atoms with Gasteiger partial charge < -0.3 is 10.4 Å². The van der Waals surface area contributed by atoms with Crippen molar-refractivity contribution in [2.24, 2.45) is 10.2 Å². The summed E-state index contributed by atoms with van der Waals surface area (Å²) >= 11 is 1.33. The SMILES string of the molecule is Cc1sc(NC(=O)c2ccccc2)c(C(=O)N=Nc2ccc(O)cc2)c1C.